The Labute approximate surface area is 114 Å². The topological polar surface area (TPSA) is 45.0 Å². The average molecular weight is 265 g/mol. The van der Waals surface area contributed by atoms with Crippen LogP contribution < -0.4 is 4.90 Å². The first-order valence-electron chi connectivity index (χ1n) is 8.04. The number of fused-ring (bicyclic) bond motifs is 6. The Morgan fingerprint density at radius 2 is 2.11 bits per heavy atom. The number of carbonyl (C=O) groups is 1. The van der Waals surface area contributed by atoms with Crippen LogP contribution in [0.15, 0.2) is 0 Å². The van der Waals surface area contributed by atoms with Gasteiger partial charge in [-0.1, -0.05) is 0 Å². The molecule has 4 rings (SSSR count). The Balaban J connectivity index is 1.58. The van der Waals surface area contributed by atoms with Crippen molar-refractivity contribution >= 4 is 5.91 Å². The summed E-state index contributed by atoms with van der Waals surface area (Å²) in [5, 5.41) is 9.94. The first kappa shape index (κ1) is 12.2. The van der Waals surface area contributed by atoms with Crippen LogP contribution in [0, 0.1) is 11.8 Å². The van der Waals surface area contributed by atoms with E-state index in [9.17, 15) is 9.90 Å². The molecule has 4 aliphatic heterocycles. The van der Waals surface area contributed by atoms with Crippen LogP contribution in [-0.4, -0.2) is 53.7 Å². The van der Waals surface area contributed by atoms with Crippen molar-refractivity contribution in [3.8, 4) is 0 Å². The monoisotopic (exact) mass is 265 g/mol. The Bertz CT molecular complexity index is 386. The van der Waals surface area contributed by atoms with Crippen molar-refractivity contribution < 1.29 is 14.8 Å². The van der Waals surface area contributed by atoms with Crippen molar-refractivity contribution in [2.24, 2.45) is 11.8 Å². The van der Waals surface area contributed by atoms with E-state index in [0.29, 0.717) is 23.9 Å². The summed E-state index contributed by atoms with van der Waals surface area (Å²) in [7, 11) is 0. The molecule has 0 spiro atoms. The molecule has 1 amide bonds. The summed E-state index contributed by atoms with van der Waals surface area (Å²) in [6, 6.07) is 1.15. The summed E-state index contributed by atoms with van der Waals surface area (Å²) in [5.74, 6) is 1.76. The van der Waals surface area contributed by atoms with E-state index in [0.717, 1.165) is 44.7 Å². The number of hydrogen-bond acceptors (Lipinski definition) is 2. The molecule has 0 aromatic rings. The van der Waals surface area contributed by atoms with E-state index in [1.807, 2.05) is 0 Å². The number of amides is 1. The van der Waals surface area contributed by atoms with E-state index in [1.54, 1.807) is 4.90 Å². The number of aliphatic hydroxyl groups is 1. The molecule has 4 heterocycles. The van der Waals surface area contributed by atoms with Crippen LogP contribution in [0.4, 0.5) is 0 Å². The third kappa shape index (κ3) is 1.91. The average Bonchev–Trinajstić information content (AvgIpc) is 2.41. The molecule has 4 aliphatic rings. The number of rotatable bonds is 0. The Morgan fingerprint density at radius 3 is 3.00 bits per heavy atom. The second kappa shape index (κ2) is 4.45. The molecule has 6 atom stereocenters. The number of quaternary nitrogens is 1. The van der Waals surface area contributed by atoms with Gasteiger partial charge in [0.05, 0.1) is 25.2 Å². The number of hydrogen-bond donors (Lipinski definition) is 2. The molecule has 0 aromatic carbocycles. The van der Waals surface area contributed by atoms with E-state index < -0.39 is 0 Å². The highest BCUT2D eigenvalue weighted by molar-refractivity contribution is 5.77. The summed E-state index contributed by atoms with van der Waals surface area (Å²) in [6.45, 7) is 3.35. The molecule has 0 radical (unpaired) electrons. The highest BCUT2D eigenvalue weighted by atomic mass is 16.3. The summed E-state index contributed by atoms with van der Waals surface area (Å²) < 4.78 is 0. The van der Waals surface area contributed by atoms with Gasteiger partial charge in [0.25, 0.3) is 0 Å². The minimum absolute atomic E-state index is 0.0971. The van der Waals surface area contributed by atoms with Crippen LogP contribution >= 0.6 is 0 Å². The molecular formula is C15H25N2O2+. The van der Waals surface area contributed by atoms with Gasteiger partial charge in [0.15, 0.2) is 0 Å². The van der Waals surface area contributed by atoms with Crippen LogP contribution in [-0.2, 0) is 4.79 Å². The van der Waals surface area contributed by atoms with Gasteiger partial charge in [-0.05, 0) is 19.3 Å². The minimum Gasteiger partial charge on any atom is -0.393 e. The van der Waals surface area contributed by atoms with E-state index in [-0.39, 0.29) is 6.10 Å². The summed E-state index contributed by atoms with van der Waals surface area (Å²) in [6.07, 6.45) is 6.22. The standard InChI is InChI=1S/C15H24N2O2/c18-12-4-5-16-8-10-6-11(14(16)7-12)9-17-13(10)2-1-3-15(17)19/h10-14,18H,1-9H2/p+1/t10?,11?,12-,13?,14?/m1/s1. The van der Waals surface area contributed by atoms with E-state index in [1.165, 1.54) is 19.4 Å². The molecule has 4 fully saturated rings. The summed E-state index contributed by atoms with van der Waals surface area (Å²) in [4.78, 5) is 16.1. The fourth-order valence-corrected chi connectivity index (χ4v) is 5.29. The minimum atomic E-state index is -0.0971. The van der Waals surface area contributed by atoms with E-state index in [4.69, 9.17) is 0 Å². The molecule has 4 nitrogen and oxygen atoms in total. The van der Waals surface area contributed by atoms with E-state index in [2.05, 4.69) is 4.90 Å². The zero-order valence-electron chi connectivity index (χ0n) is 11.6. The van der Waals surface area contributed by atoms with Gasteiger partial charge >= 0.3 is 0 Å². The number of carbonyl (C=O) groups excluding carboxylic acids is 1. The molecule has 2 bridgehead atoms. The molecule has 19 heavy (non-hydrogen) atoms. The molecule has 5 unspecified atom stereocenters. The van der Waals surface area contributed by atoms with Gasteiger partial charge in [0.2, 0.25) is 5.91 Å². The van der Waals surface area contributed by atoms with Crippen LogP contribution in [0.1, 0.15) is 38.5 Å². The second-order valence-electron chi connectivity index (χ2n) is 7.16. The predicted octanol–water partition coefficient (Wildman–Crippen LogP) is -0.575. The maximum absolute atomic E-state index is 12.2. The van der Waals surface area contributed by atoms with Crippen molar-refractivity contribution in [2.75, 3.05) is 19.6 Å². The van der Waals surface area contributed by atoms with Crippen LogP contribution in [0.3, 0.4) is 0 Å². The lowest BCUT2D eigenvalue weighted by Crippen LogP contribution is -3.20. The largest absolute Gasteiger partial charge is 0.393 e. The molecule has 0 aromatic heterocycles. The normalized spacial score (nSPS) is 49.5. The number of piperidine rings is 4. The quantitative estimate of drug-likeness (QED) is 0.616. The maximum Gasteiger partial charge on any atom is 0.222 e. The van der Waals surface area contributed by atoms with Crippen LogP contribution in [0.2, 0.25) is 0 Å². The Hall–Kier alpha value is -0.610. The molecule has 4 saturated heterocycles. The van der Waals surface area contributed by atoms with Gasteiger partial charge in [-0.25, -0.2) is 0 Å². The molecular weight excluding hydrogens is 240 g/mol. The lowest BCUT2D eigenvalue weighted by atomic mass is 9.70. The van der Waals surface area contributed by atoms with Crippen molar-refractivity contribution in [3.63, 3.8) is 0 Å². The Morgan fingerprint density at radius 1 is 1.21 bits per heavy atom. The fraction of sp³-hybridized carbons (Fsp3) is 0.933. The van der Waals surface area contributed by atoms with Crippen LogP contribution in [0.5, 0.6) is 0 Å². The third-order valence-electron chi connectivity index (χ3n) is 6.13. The van der Waals surface area contributed by atoms with Gasteiger partial charge in [0, 0.05) is 43.7 Å². The smallest absolute Gasteiger partial charge is 0.222 e. The predicted molar refractivity (Wildman–Crippen MR) is 70.7 cm³/mol. The molecule has 0 saturated carbocycles. The van der Waals surface area contributed by atoms with Gasteiger partial charge in [-0.15, -0.1) is 0 Å². The SMILES string of the molecule is O=C1CCCC2C3CC(CN12)C1C[C@H](O)CC[NH+]1C3. The highest BCUT2D eigenvalue weighted by Gasteiger charge is 2.51. The molecule has 106 valence electrons. The lowest BCUT2D eigenvalue weighted by molar-refractivity contribution is -0.946. The highest BCUT2D eigenvalue weighted by Crippen LogP contribution is 2.37. The van der Waals surface area contributed by atoms with Crippen LogP contribution in [0.25, 0.3) is 0 Å². The second-order valence-corrected chi connectivity index (χ2v) is 7.16. The summed E-state index contributed by atoms with van der Waals surface area (Å²) >= 11 is 0. The number of nitrogens with zero attached hydrogens (tertiary/aromatic N) is 1. The van der Waals surface area contributed by atoms with Crippen molar-refractivity contribution in [1.29, 1.82) is 0 Å². The lowest BCUT2D eigenvalue weighted by Gasteiger charge is -2.55. The van der Waals surface area contributed by atoms with Crippen molar-refractivity contribution in [2.45, 2.75) is 56.7 Å². The molecule has 4 heteroatoms. The molecule has 2 N–H and O–H groups in total. The van der Waals surface area contributed by atoms with E-state index >= 15 is 0 Å². The van der Waals surface area contributed by atoms with Crippen molar-refractivity contribution in [1.82, 2.24) is 4.90 Å². The fourth-order valence-electron chi connectivity index (χ4n) is 5.29. The zero-order valence-corrected chi connectivity index (χ0v) is 11.6. The first-order chi connectivity index (χ1) is 9.22. The van der Waals surface area contributed by atoms with Gasteiger partial charge in [-0.3, -0.25) is 4.79 Å². The van der Waals surface area contributed by atoms with Gasteiger partial charge < -0.3 is 14.9 Å². The summed E-state index contributed by atoms with van der Waals surface area (Å²) in [5.41, 5.74) is 0. The maximum atomic E-state index is 12.2. The third-order valence-corrected chi connectivity index (χ3v) is 6.13. The van der Waals surface area contributed by atoms with Crippen molar-refractivity contribution in [3.05, 3.63) is 0 Å². The number of nitrogens with one attached hydrogen (secondary N) is 1. The van der Waals surface area contributed by atoms with Gasteiger partial charge in [-0.2, -0.15) is 0 Å². The van der Waals surface area contributed by atoms with Gasteiger partial charge in [0.1, 0.15) is 0 Å². The first-order valence-corrected chi connectivity index (χ1v) is 8.04. The number of aliphatic hydroxyl groups excluding tert-OH is 1. The zero-order chi connectivity index (χ0) is 13.0. The Kier molecular flexibility index (Phi) is 2.85. The molecule has 0 aliphatic carbocycles.